The Morgan fingerprint density at radius 2 is 1.95 bits per heavy atom. The maximum atomic E-state index is 11.8. The first-order chi connectivity index (χ1) is 8.53. The Kier molecular flexibility index (Phi) is 7.59. The molecule has 0 aromatic heterocycles. The van der Waals surface area contributed by atoms with Crippen LogP contribution in [0.1, 0.15) is 6.92 Å². The van der Waals surface area contributed by atoms with Crippen LogP contribution in [0.3, 0.4) is 0 Å². The molecule has 1 atom stereocenters. The van der Waals surface area contributed by atoms with Crippen LogP contribution in [0.2, 0.25) is 5.02 Å². The van der Waals surface area contributed by atoms with Gasteiger partial charge in [-0.3, -0.25) is 4.79 Å². The van der Waals surface area contributed by atoms with E-state index in [1.54, 1.807) is 19.1 Å². The zero-order chi connectivity index (χ0) is 13.7. The van der Waals surface area contributed by atoms with E-state index < -0.39 is 0 Å². The highest BCUT2D eigenvalue weighted by molar-refractivity contribution is 6.32. The summed E-state index contributed by atoms with van der Waals surface area (Å²) in [6.07, 6.45) is 0. The molecule has 1 rings (SSSR count). The number of nitrogens with one attached hydrogen (secondary N) is 1. The predicted molar refractivity (Wildman–Crippen MR) is 78.7 cm³/mol. The molecule has 7 heteroatoms. The minimum Gasteiger partial charge on any atom is -0.495 e. The van der Waals surface area contributed by atoms with E-state index in [1.165, 1.54) is 14.2 Å². The fraction of sp³-hybridized carbons (Fsp3) is 0.417. The summed E-state index contributed by atoms with van der Waals surface area (Å²) in [4.78, 5) is 11.8. The van der Waals surface area contributed by atoms with E-state index >= 15 is 0 Å². The van der Waals surface area contributed by atoms with Crippen molar-refractivity contribution in [3.63, 3.8) is 0 Å². The minimum atomic E-state index is -0.281. The standard InChI is InChI=1S/C12H17ClN2O3.ClH/c1-7(6-14)12(16)15-9-5-10(17-2)8(13)4-11(9)18-3;/h4-5,7H,6,14H2,1-3H3,(H,15,16);1H. The number of hydrogen-bond acceptors (Lipinski definition) is 4. The second-order valence-corrected chi connectivity index (χ2v) is 4.22. The molecule has 1 aromatic carbocycles. The molecule has 1 unspecified atom stereocenters. The second-order valence-electron chi connectivity index (χ2n) is 3.81. The molecule has 3 N–H and O–H groups in total. The zero-order valence-corrected chi connectivity index (χ0v) is 12.6. The number of ether oxygens (including phenoxy) is 2. The van der Waals surface area contributed by atoms with Crippen molar-refractivity contribution in [1.29, 1.82) is 0 Å². The number of carbonyl (C=O) groups is 1. The molecule has 1 aromatic rings. The zero-order valence-electron chi connectivity index (χ0n) is 11.0. The fourth-order valence-corrected chi connectivity index (χ4v) is 1.55. The van der Waals surface area contributed by atoms with Crippen molar-refractivity contribution in [2.24, 2.45) is 11.7 Å². The van der Waals surface area contributed by atoms with Crippen molar-refractivity contribution >= 4 is 35.6 Å². The number of nitrogens with two attached hydrogens (primary N) is 1. The lowest BCUT2D eigenvalue weighted by Gasteiger charge is -2.15. The Labute approximate surface area is 123 Å². The third-order valence-electron chi connectivity index (χ3n) is 2.53. The van der Waals surface area contributed by atoms with Gasteiger partial charge in [0, 0.05) is 24.6 Å². The van der Waals surface area contributed by atoms with Gasteiger partial charge in [0.05, 0.1) is 24.9 Å². The van der Waals surface area contributed by atoms with Crippen molar-refractivity contribution in [2.45, 2.75) is 6.92 Å². The molecule has 0 heterocycles. The van der Waals surface area contributed by atoms with Gasteiger partial charge in [0.25, 0.3) is 0 Å². The van der Waals surface area contributed by atoms with E-state index in [9.17, 15) is 4.79 Å². The average molecular weight is 309 g/mol. The molecule has 0 fully saturated rings. The molecule has 0 bridgehead atoms. The first-order valence-corrected chi connectivity index (χ1v) is 5.83. The first kappa shape index (κ1) is 17.8. The summed E-state index contributed by atoms with van der Waals surface area (Å²) in [6, 6.07) is 3.20. The van der Waals surface area contributed by atoms with Gasteiger partial charge in [0.15, 0.2) is 0 Å². The summed E-state index contributed by atoms with van der Waals surface area (Å²) in [5.74, 6) is 0.475. The van der Waals surface area contributed by atoms with Crippen LogP contribution in [0.15, 0.2) is 12.1 Å². The maximum absolute atomic E-state index is 11.8. The van der Waals surface area contributed by atoms with Gasteiger partial charge >= 0.3 is 0 Å². The molecular formula is C12H18Cl2N2O3. The normalized spacial score (nSPS) is 11.2. The van der Waals surface area contributed by atoms with Crippen molar-refractivity contribution < 1.29 is 14.3 Å². The maximum Gasteiger partial charge on any atom is 0.228 e. The van der Waals surface area contributed by atoms with Crippen LogP contribution >= 0.6 is 24.0 Å². The third kappa shape index (κ3) is 4.45. The molecule has 5 nitrogen and oxygen atoms in total. The molecule has 108 valence electrons. The molecule has 1 amide bonds. The molecular weight excluding hydrogens is 291 g/mol. The van der Waals surface area contributed by atoms with E-state index in [-0.39, 0.29) is 30.8 Å². The Hall–Kier alpha value is -1.17. The Morgan fingerprint density at radius 3 is 2.42 bits per heavy atom. The summed E-state index contributed by atoms with van der Waals surface area (Å²) >= 11 is 5.97. The summed E-state index contributed by atoms with van der Waals surface area (Å²) in [5, 5.41) is 3.15. The van der Waals surface area contributed by atoms with E-state index in [0.29, 0.717) is 22.2 Å². The first-order valence-electron chi connectivity index (χ1n) is 5.46. The van der Waals surface area contributed by atoms with Gasteiger partial charge in [0.2, 0.25) is 5.91 Å². The highest BCUT2D eigenvalue weighted by Gasteiger charge is 2.15. The molecule has 19 heavy (non-hydrogen) atoms. The number of halogens is 2. The van der Waals surface area contributed by atoms with Crippen LogP contribution in [0.4, 0.5) is 5.69 Å². The van der Waals surface area contributed by atoms with Crippen molar-refractivity contribution in [1.82, 2.24) is 0 Å². The van der Waals surface area contributed by atoms with Gasteiger partial charge in [-0.25, -0.2) is 0 Å². The van der Waals surface area contributed by atoms with E-state index in [0.717, 1.165) is 0 Å². The second kappa shape index (κ2) is 8.09. The third-order valence-corrected chi connectivity index (χ3v) is 2.83. The SMILES string of the molecule is COc1cc(NC(=O)C(C)CN)c(OC)cc1Cl.Cl. The smallest absolute Gasteiger partial charge is 0.228 e. The van der Waals surface area contributed by atoms with Crippen LogP contribution in [-0.2, 0) is 4.79 Å². The van der Waals surface area contributed by atoms with E-state index in [4.69, 9.17) is 26.8 Å². The van der Waals surface area contributed by atoms with Crippen LogP contribution < -0.4 is 20.5 Å². The average Bonchev–Trinajstić information content (AvgIpc) is 2.38. The molecule has 0 aliphatic carbocycles. The van der Waals surface area contributed by atoms with Crippen LogP contribution in [0, 0.1) is 5.92 Å². The molecule has 0 spiro atoms. The van der Waals surface area contributed by atoms with Gasteiger partial charge < -0.3 is 20.5 Å². The van der Waals surface area contributed by atoms with Gasteiger partial charge in [-0.1, -0.05) is 18.5 Å². The lowest BCUT2D eigenvalue weighted by Crippen LogP contribution is -2.26. The van der Waals surface area contributed by atoms with Crippen molar-refractivity contribution in [3.8, 4) is 11.5 Å². The van der Waals surface area contributed by atoms with Gasteiger partial charge in [-0.05, 0) is 0 Å². The van der Waals surface area contributed by atoms with Crippen LogP contribution in [0.25, 0.3) is 0 Å². The number of amides is 1. The number of anilines is 1. The summed E-state index contributed by atoms with van der Waals surface area (Å²) in [7, 11) is 3.00. The highest BCUT2D eigenvalue weighted by atomic mass is 35.5. The van der Waals surface area contributed by atoms with Gasteiger partial charge in [0.1, 0.15) is 11.5 Å². The minimum absolute atomic E-state index is 0. The van der Waals surface area contributed by atoms with Crippen LogP contribution in [-0.4, -0.2) is 26.7 Å². The lowest BCUT2D eigenvalue weighted by molar-refractivity contribution is -0.119. The Bertz CT molecular complexity index is 441. The number of methoxy groups -OCH3 is 2. The summed E-state index contributed by atoms with van der Waals surface area (Å²) in [6.45, 7) is 2.02. The van der Waals surface area contributed by atoms with Crippen molar-refractivity contribution in [3.05, 3.63) is 17.2 Å². The fourth-order valence-electron chi connectivity index (χ4n) is 1.32. The predicted octanol–water partition coefficient (Wildman–Crippen LogP) is 2.31. The molecule has 0 aliphatic rings. The molecule has 0 saturated carbocycles. The number of carbonyl (C=O) groups excluding carboxylic acids is 1. The Balaban J connectivity index is 0.00000324. The quantitative estimate of drug-likeness (QED) is 0.875. The lowest BCUT2D eigenvalue weighted by atomic mass is 10.1. The van der Waals surface area contributed by atoms with E-state index in [2.05, 4.69) is 5.32 Å². The van der Waals surface area contributed by atoms with Gasteiger partial charge in [-0.2, -0.15) is 0 Å². The van der Waals surface area contributed by atoms with Crippen molar-refractivity contribution in [2.75, 3.05) is 26.1 Å². The summed E-state index contributed by atoms with van der Waals surface area (Å²) < 4.78 is 10.2. The summed E-state index contributed by atoms with van der Waals surface area (Å²) in [5.41, 5.74) is 5.94. The molecule has 0 saturated heterocycles. The topological polar surface area (TPSA) is 73.6 Å². The highest BCUT2D eigenvalue weighted by Crippen LogP contribution is 2.35. The number of rotatable bonds is 5. The largest absolute Gasteiger partial charge is 0.495 e. The Morgan fingerprint density at radius 1 is 1.37 bits per heavy atom. The number of benzene rings is 1. The van der Waals surface area contributed by atoms with Gasteiger partial charge in [-0.15, -0.1) is 12.4 Å². The number of hydrogen-bond donors (Lipinski definition) is 2. The molecule has 0 radical (unpaired) electrons. The van der Waals surface area contributed by atoms with Crippen LogP contribution in [0.5, 0.6) is 11.5 Å². The van der Waals surface area contributed by atoms with E-state index in [1.807, 2.05) is 0 Å². The monoisotopic (exact) mass is 308 g/mol. The molecule has 0 aliphatic heterocycles.